The smallest absolute Gasteiger partial charge is 0.263 e. The van der Waals surface area contributed by atoms with Crippen LogP contribution in [0, 0.1) is 5.82 Å². The molecule has 3 amide bonds. The van der Waals surface area contributed by atoms with E-state index >= 15 is 0 Å². The number of methoxy groups -OCH3 is 1. The van der Waals surface area contributed by atoms with Crippen molar-refractivity contribution in [1.82, 2.24) is 5.01 Å². The van der Waals surface area contributed by atoms with Gasteiger partial charge in [-0.2, -0.15) is 5.11 Å². The van der Waals surface area contributed by atoms with E-state index in [1.54, 1.807) is 12.1 Å². The van der Waals surface area contributed by atoms with Crippen LogP contribution in [-0.2, 0) is 14.4 Å². The van der Waals surface area contributed by atoms with Crippen molar-refractivity contribution in [3.8, 4) is 5.75 Å². The van der Waals surface area contributed by atoms with E-state index in [0.29, 0.717) is 16.5 Å². The van der Waals surface area contributed by atoms with Gasteiger partial charge in [-0.3, -0.25) is 19.4 Å². The fourth-order valence-corrected chi connectivity index (χ4v) is 3.49. The van der Waals surface area contributed by atoms with Crippen molar-refractivity contribution in [1.29, 1.82) is 0 Å². The van der Waals surface area contributed by atoms with Crippen LogP contribution in [0.1, 0.15) is 0 Å². The summed E-state index contributed by atoms with van der Waals surface area (Å²) in [5.74, 6) is -1.76. The molecular formula is C19H15ClFN5O4. The highest BCUT2D eigenvalue weighted by atomic mass is 35.5. The van der Waals surface area contributed by atoms with Gasteiger partial charge in [-0.15, -0.1) is 0 Å². The molecule has 4 rings (SSSR count). The largest absolute Gasteiger partial charge is 0.495 e. The summed E-state index contributed by atoms with van der Waals surface area (Å²) in [4.78, 5) is 38.9. The molecule has 2 aliphatic rings. The highest BCUT2D eigenvalue weighted by molar-refractivity contribution is 6.31. The molecule has 0 aliphatic carbocycles. The molecule has 2 atom stereocenters. The standard InChI is InChI=1S/C19H15ClFN5O4/c1-30-14-7-2-10(20)8-13(14)22-15(27)9-25-17-16(23-24-25)18(28)26(19(17)29)12-5-3-11(21)4-6-12/h2-8,16-17H,9H2,1H3,(H,22,27)/t16-,17+/m0/s1. The Bertz CT molecular complexity index is 1060. The number of carbonyl (C=O) groups is 3. The normalized spacial score (nSPS) is 20.0. The van der Waals surface area contributed by atoms with Crippen molar-refractivity contribution in [2.45, 2.75) is 12.1 Å². The van der Waals surface area contributed by atoms with E-state index < -0.39 is 35.6 Å². The summed E-state index contributed by atoms with van der Waals surface area (Å²) in [7, 11) is 1.45. The fourth-order valence-electron chi connectivity index (χ4n) is 3.31. The predicted octanol–water partition coefficient (Wildman–Crippen LogP) is 2.42. The minimum atomic E-state index is -1.06. The van der Waals surface area contributed by atoms with Crippen molar-refractivity contribution >= 4 is 40.7 Å². The number of nitrogens with one attached hydrogen (secondary N) is 1. The molecule has 0 unspecified atom stereocenters. The average Bonchev–Trinajstić information content (AvgIpc) is 3.23. The Morgan fingerprint density at radius 2 is 1.93 bits per heavy atom. The summed E-state index contributed by atoms with van der Waals surface area (Å²) in [5, 5.41) is 11.9. The van der Waals surface area contributed by atoms with Crippen LogP contribution in [0.25, 0.3) is 0 Å². The molecule has 1 saturated heterocycles. The summed E-state index contributed by atoms with van der Waals surface area (Å²) >= 11 is 5.96. The zero-order valence-electron chi connectivity index (χ0n) is 15.6. The number of hydrogen-bond acceptors (Lipinski definition) is 7. The van der Waals surface area contributed by atoms with E-state index in [-0.39, 0.29) is 12.2 Å². The highest BCUT2D eigenvalue weighted by Crippen LogP contribution is 2.32. The van der Waals surface area contributed by atoms with Crippen LogP contribution < -0.4 is 15.0 Å². The minimum Gasteiger partial charge on any atom is -0.495 e. The number of anilines is 2. The third-order valence-electron chi connectivity index (χ3n) is 4.68. The first-order valence-corrected chi connectivity index (χ1v) is 9.21. The molecule has 0 spiro atoms. The zero-order chi connectivity index (χ0) is 21.4. The Morgan fingerprint density at radius 3 is 2.63 bits per heavy atom. The maximum absolute atomic E-state index is 13.2. The van der Waals surface area contributed by atoms with Crippen molar-refractivity contribution in [2.24, 2.45) is 10.3 Å². The molecule has 0 radical (unpaired) electrons. The Morgan fingerprint density at radius 1 is 1.20 bits per heavy atom. The van der Waals surface area contributed by atoms with Gasteiger partial charge in [-0.1, -0.05) is 16.8 Å². The monoisotopic (exact) mass is 431 g/mol. The number of hydrogen-bond donors (Lipinski definition) is 1. The molecule has 9 nitrogen and oxygen atoms in total. The molecule has 11 heteroatoms. The van der Waals surface area contributed by atoms with Crippen molar-refractivity contribution in [2.75, 3.05) is 23.9 Å². The van der Waals surface area contributed by atoms with E-state index in [4.69, 9.17) is 16.3 Å². The second-order valence-corrected chi connectivity index (χ2v) is 7.01. The summed E-state index contributed by atoms with van der Waals surface area (Å²) in [6, 6.07) is 7.57. The van der Waals surface area contributed by atoms with Crippen molar-refractivity contribution < 1.29 is 23.5 Å². The van der Waals surface area contributed by atoms with Crippen LogP contribution >= 0.6 is 11.6 Å². The van der Waals surface area contributed by atoms with Crippen LogP contribution in [0.15, 0.2) is 52.8 Å². The number of imide groups is 1. The van der Waals surface area contributed by atoms with Crippen LogP contribution in [0.2, 0.25) is 5.02 Å². The maximum Gasteiger partial charge on any atom is 0.263 e. The van der Waals surface area contributed by atoms with Crippen LogP contribution in [0.3, 0.4) is 0 Å². The molecule has 0 bridgehead atoms. The molecule has 0 saturated carbocycles. The molecule has 1 fully saturated rings. The molecule has 2 aromatic rings. The zero-order valence-corrected chi connectivity index (χ0v) is 16.3. The predicted molar refractivity (Wildman–Crippen MR) is 105 cm³/mol. The Labute approximate surface area is 175 Å². The topological polar surface area (TPSA) is 104 Å². The van der Waals surface area contributed by atoms with E-state index in [1.165, 1.54) is 25.3 Å². The fraction of sp³-hybridized carbons (Fsp3) is 0.211. The first-order chi connectivity index (χ1) is 14.4. The van der Waals surface area contributed by atoms with E-state index in [2.05, 4.69) is 15.7 Å². The van der Waals surface area contributed by atoms with Gasteiger partial charge in [0.05, 0.1) is 18.5 Å². The number of amides is 3. The average molecular weight is 432 g/mol. The van der Waals surface area contributed by atoms with Gasteiger partial charge in [-0.05, 0) is 42.5 Å². The Balaban J connectivity index is 1.49. The molecule has 30 heavy (non-hydrogen) atoms. The number of ether oxygens (including phenoxy) is 1. The third-order valence-corrected chi connectivity index (χ3v) is 4.92. The summed E-state index contributed by atoms with van der Waals surface area (Å²) in [6.45, 7) is -0.323. The first-order valence-electron chi connectivity index (χ1n) is 8.83. The molecular weight excluding hydrogens is 417 g/mol. The molecule has 2 heterocycles. The number of nitrogens with zero attached hydrogens (tertiary/aromatic N) is 4. The van der Waals surface area contributed by atoms with Gasteiger partial charge in [0.2, 0.25) is 5.91 Å². The lowest BCUT2D eigenvalue weighted by Gasteiger charge is -2.20. The lowest BCUT2D eigenvalue weighted by molar-refractivity contribution is -0.123. The van der Waals surface area contributed by atoms with Gasteiger partial charge < -0.3 is 10.1 Å². The molecule has 0 aromatic heterocycles. The third kappa shape index (κ3) is 3.45. The number of carbonyl (C=O) groups excluding carboxylic acids is 3. The number of rotatable bonds is 5. The summed E-state index contributed by atoms with van der Waals surface area (Å²) in [5.41, 5.74) is 0.577. The Kier molecular flexibility index (Phi) is 5.08. The van der Waals surface area contributed by atoms with Gasteiger partial charge >= 0.3 is 0 Å². The quantitative estimate of drug-likeness (QED) is 0.732. The second kappa shape index (κ2) is 7.71. The van der Waals surface area contributed by atoms with Crippen LogP contribution in [0.4, 0.5) is 15.8 Å². The number of benzene rings is 2. The molecule has 2 aliphatic heterocycles. The summed E-state index contributed by atoms with van der Waals surface area (Å²) < 4.78 is 18.4. The van der Waals surface area contributed by atoms with Gasteiger partial charge in [0.1, 0.15) is 18.1 Å². The lowest BCUT2D eigenvalue weighted by atomic mass is 10.1. The minimum absolute atomic E-state index is 0.226. The molecule has 2 aromatic carbocycles. The molecule has 154 valence electrons. The maximum atomic E-state index is 13.2. The number of halogens is 2. The second-order valence-electron chi connectivity index (χ2n) is 6.57. The van der Waals surface area contributed by atoms with E-state index in [9.17, 15) is 18.8 Å². The summed E-state index contributed by atoms with van der Waals surface area (Å²) in [6.07, 6.45) is 0. The van der Waals surface area contributed by atoms with Gasteiger partial charge in [-0.25, -0.2) is 9.29 Å². The lowest BCUT2D eigenvalue weighted by Crippen LogP contribution is -2.43. The number of fused-ring (bicyclic) bond motifs is 1. The van der Waals surface area contributed by atoms with Crippen LogP contribution in [-0.4, -0.2) is 48.5 Å². The van der Waals surface area contributed by atoms with E-state index in [0.717, 1.165) is 22.0 Å². The van der Waals surface area contributed by atoms with Gasteiger partial charge in [0, 0.05) is 5.02 Å². The van der Waals surface area contributed by atoms with Gasteiger partial charge in [0.15, 0.2) is 12.1 Å². The highest BCUT2D eigenvalue weighted by Gasteiger charge is 2.55. The SMILES string of the molecule is COc1ccc(Cl)cc1NC(=O)CN1N=N[C@@H]2C(=O)N(c3ccc(F)cc3)C(=O)[C@@H]21. The Hall–Kier alpha value is -3.53. The van der Waals surface area contributed by atoms with Crippen molar-refractivity contribution in [3.63, 3.8) is 0 Å². The van der Waals surface area contributed by atoms with E-state index in [1.807, 2.05) is 0 Å². The van der Waals surface area contributed by atoms with Crippen LogP contribution in [0.5, 0.6) is 5.75 Å². The van der Waals surface area contributed by atoms with Crippen molar-refractivity contribution in [3.05, 3.63) is 53.3 Å². The van der Waals surface area contributed by atoms with Gasteiger partial charge in [0.25, 0.3) is 11.8 Å². The molecule has 1 N–H and O–H groups in total. The first kappa shape index (κ1) is 19.8.